The second-order valence-electron chi connectivity index (χ2n) is 3.69. The van der Waals surface area contributed by atoms with Gasteiger partial charge in [-0.3, -0.25) is 15.1 Å². The lowest BCUT2D eigenvalue weighted by atomic mass is 10.1. The zero-order valence-electron chi connectivity index (χ0n) is 9.04. The number of hydrogen-bond donors (Lipinski definition) is 1. The summed E-state index contributed by atoms with van der Waals surface area (Å²) in [6.07, 6.45) is 4.03. The number of benzene rings is 1. The molecule has 5 heteroatoms. The van der Waals surface area contributed by atoms with E-state index < -0.39 is 4.92 Å². The topological polar surface area (TPSA) is 82.0 Å². The highest BCUT2D eigenvalue weighted by Gasteiger charge is 2.11. The van der Waals surface area contributed by atoms with Crippen molar-refractivity contribution in [3.63, 3.8) is 0 Å². The fraction of sp³-hybridized carbons (Fsp3) is 0.0833. The standard InChI is InChI=1S/C12H11N3O2/c13-11-4-3-9(7-12(11)15(16)17)6-10-2-1-5-14-8-10/h1-5,7-8H,6,13H2. The number of hydrogen-bond acceptors (Lipinski definition) is 4. The number of nitrogens with two attached hydrogens (primary N) is 1. The van der Waals surface area contributed by atoms with E-state index in [1.165, 1.54) is 6.07 Å². The van der Waals surface area contributed by atoms with Gasteiger partial charge in [0.15, 0.2) is 0 Å². The second kappa shape index (κ2) is 4.61. The molecule has 17 heavy (non-hydrogen) atoms. The van der Waals surface area contributed by atoms with Crippen LogP contribution in [0, 0.1) is 10.1 Å². The van der Waals surface area contributed by atoms with Crippen LogP contribution in [0.5, 0.6) is 0 Å². The Labute approximate surface area is 98.1 Å². The van der Waals surface area contributed by atoms with Crippen LogP contribution in [0.15, 0.2) is 42.7 Å². The van der Waals surface area contributed by atoms with Gasteiger partial charge in [-0.05, 0) is 29.7 Å². The van der Waals surface area contributed by atoms with Crippen LogP contribution in [-0.4, -0.2) is 9.91 Å². The molecule has 0 saturated carbocycles. The average molecular weight is 229 g/mol. The van der Waals surface area contributed by atoms with Crippen molar-refractivity contribution in [3.05, 3.63) is 64.0 Å². The number of pyridine rings is 1. The van der Waals surface area contributed by atoms with Gasteiger partial charge in [-0.2, -0.15) is 0 Å². The Morgan fingerprint density at radius 1 is 1.29 bits per heavy atom. The molecule has 0 saturated heterocycles. The molecule has 1 heterocycles. The Bertz CT molecular complexity index is 541. The molecule has 1 aromatic heterocycles. The van der Waals surface area contributed by atoms with Crippen LogP contribution in [0.4, 0.5) is 11.4 Å². The summed E-state index contributed by atoms with van der Waals surface area (Å²) in [5.74, 6) is 0. The minimum Gasteiger partial charge on any atom is -0.393 e. The molecule has 0 unspecified atom stereocenters. The van der Waals surface area contributed by atoms with Gasteiger partial charge in [0.25, 0.3) is 5.69 Å². The Hall–Kier alpha value is -2.43. The van der Waals surface area contributed by atoms with Crippen LogP contribution in [0.25, 0.3) is 0 Å². The summed E-state index contributed by atoms with van der Waals surface area (Å²) in [6.45, 7) is 0. The quantitative estimate of drug-likeness (QED) is 0.496. The molecule has 0 atom stereocenters. The van der Waals surface area contributed by atoms with E-state index in [0.717, 1.165) is 11.1 Å². The number of aromatic nitrogens is 1. The number of nitro benzene ring substituents is 1. The van der Waals surface area contributed by atoms with Crippen molar-refractivity contribution >= 4 is 11.4 Å². The molecule has 86 valence electrons. The maximum Gasteiger partial charge on any atom is 0.292 e. The van der Waals surface area contributed by atoms with Crippen molar-refractivity contribution in [3.8, 4) is 0 Å². The molecule has 2 N–H and O–H groups in total. The van der Waals surface area contributed by atoms with E-state index >= 15 is 0 Å². The van der Waals surface area contributed by atoms with Crippen LogP contribution >= 0.6 is 0 Å². The number of rotatable bonds is 3. The van der Waals surface area contributed by atoms with E-state index in [0.29, 0.717) is 6.42 Å². The van der Waals surface area contributed by atoms with Crippen LogP contribution in [-0.2, 0) is 6.42 Å². The van der Waals surface area contributed by atoms with Gasteiger partial charge in [0.1, 0.15) is 5.69 Å². The summed E-state index contributed by atoms with van der Waals surface area (Å²) < 4.78 is 0. The minimum atomic E-state index is -0.470. The SMILES string of the molecule is Nc1ccc(Cc2cccnc2)cc1[N+](=O)[O-]. The average Bonchev–Trinajstić information content (AvgIpc) is 2.32. The third-order valence-electron chi connectivity index (χ3n) is 2.42. The van der Waals surface area contributed by atoms with Crippen molar-refractivity contribution in [2.75, 3.05) is 5.73 Å². The zero-order valence-corrected chi connectivity index (χ0v) is 9.04. The molecule has 2 rings (SSSR count). The maximum absolute atomic E-state index is 10.7. The van der Waals surface area contributed by atoms with Gasteiger partial charge in [0.05, 0.1) is 4.92 Å². The number of anilines is 1. The lowest BCUT2D eigenvalue weighted by molar-refractivity contribution is -0.383. The van der Waals surface area contributed by atoms with Crippen molar-refractivity contribution < 1.29 is 4.92 Å². The van der Waals surface area contributed by atoms with Crippen molar-refractivity contribution in [1.29, 1.82) is 0 Å². The molecule has 0 radical (unpaired) electrons. The van der Waals surface area contributed by atoms with Crippen molar-refractivity contribution in [2.45, 2.75) is 6.42 Å². The molecule has 1 aromatic carbocycles. The fourth-order valence-electron chi connectivity index (χ4n) is 1.60. The number of nitro groups is 1. The summed E-state index contributed by atoms with van der Waals surface area (Å²) in [6, 6.07) is 8.61. The molecule has 0 amide bonds. The predicted octanol–water partition coefficient (Wildman–Crippen LogP) is 2.16. The first-order valence-corrected chi connectivity index (χ1v) is 5.08. The van der Waals surface area contributed by atoms with Crippen LogP contribution < -0.4 is 5.73 Å². The number of nitrogens with zero attached hydrogens (tertiary/aromatic N) is 2. The predicted molar refractivity (Wildman–Crippen MR) is 64.6 cm³/mol. The Balaban J connectivity index is 2.29. The van der Waals surface area contributed by atoms with Gasteiger partial charge in [-0.15, -0.1) is 0 Å². The van der Waals surface area contributed by atoms with E-state index in [1.54, 1.807) is 24.5 Å². The van der Waals surface area contributed by atoms with Gasteiger partial charge < -0.3 is 5.73 Å². The van der Waals surface area contributed by atoms with E-state index in [4.69, 9.17) is 5.73 Å². The van der Waals surface area contributed by atoms with Gasteiger partial charge >= 0.3 is 0 Å². The first kappa shape index (κ1) is 11.1. The number of nitrogen functional groups attached to an aromatic ring is 1. The first-order chi connectivity index (χ1) is 8.16. The highest BCUT2D eigenvalue weighted by Crippen LogP contribution is 2.23. The summed E-state index contributed by atoms with van der Waals surface area (Å²) in [5.41, 5.74) is 7.52. The largest absolute Gasteiger partial charge is 0.393 e. The molecule has 2 aromatic rings. The fourth-order valence-corrected chi connectivity index (χ4v) is 1.60. The summed E-state index contributed by atoms with van der Waals surface area (Å²) in [4.78, 5) is 14.3. The Morgan fingerprint density at radius 3 is 2.76 bits per heavy atom. The summed E-state index contributed by atoms with van der Waals surface area (Å²) in [7, 11) is 0. The third-order valence-corrected chi connectivity index (χ3v) is 2.42. The Morgan fingerprint density at radius 2 is 2.12 bits per heavy atom. The molecule has 0 bridgehead atoms. The Kier molecular flexibility index (Phi) is 3.00. The van der Waals surface area contributed by atoms with E-state index in [9.17, 15) is 10.1 Å². The lowest BCUT2D eigenvalue weighted by Crippen LogP contribution is -1.97. The third kappa shape index (κ3) is 2.57. The van der Waals surface area contributed by atoms with Gasteiger partial charge in [0.2, 0.25) is 0 Å². The smallest absolute Gasteiger partial charge is 0.292 e. The minimum absolute atomic E-state index is 0.0496. The maximum atomic E-state index is 10.7. The molecular formula is C12H11N3O2. The van der Waals surface area contributed by atoms with Gasteiger partial charge in [-0.1, -0.05) is 12.1 Å². The van der Waals surface area contributed by atoms with Crippen molar-refractivity contribution in [1.82, 2.24) is 4.98 Å². The van der Waals surface area contributed by atoms with Crippen LogP contribution in [0.1, 0.15) is 11.1 Å². The molecule has 0 spiro atoms. The zero-order chi connectivity index (χ0) is 12.3. The molecule has 5 nitrogen and oxygen atoms in total. The van der Waals surface area contributed by atoms with Crippen LogP contribution in [0.3, 0.4) is 0 Å². The molecule has 0 aliphatic heterocycles. The summed E-state index contributed by atoms with van der Waals surface area (Å²) >= 11 is 0. The monoisotopic (exact) mass is 229 g/mol. The lowest BCUT2D eigenvalue weighted by Gasteiger charge is -2.03. The molecular weight excluding hydrogens is 218 g/mol. The highest BCUT2D eigenvalue weighted by atomic mass is 16.6. The second-order valence-corrected chi connectivity index (χ2v) is 3.69. The summed E-state index contributed by atoms with van der Waals surface area (Å²) in [5, 5.41) is 10.7. The van der Waals surface area contributed by atoms with Gasteiger partial charge in [-0.25, -0.2) is 0 Å². The van der Waals surface area contributed by atoms with E-state index in [-0.39, 0.29) is 11.4 Å². The van der Waals surface area contributed by atoms with E-state index in [2.05, 4.69) is 4.98 Å². The first-order valence-electron chi connectivity index (χ1n) is 5.08. The molecule has 0 fully saturated rings. The van der Waals surface area contributed by atoms with Crippen molar-refractivity contribution in [2.24, 2.45) is 0 Å². The molecule has 0 aliphatic carbocycles. The van der Waals surface area contributed by atoms with E-state index in [1.807, 2.05) is 12.1 Å². The van der Waals surface area contributed by atoms with Crippen LogP contribution in [0.2, 0.25) is 0 Å². The normalized spacial score (nSPS) is 10.1. The molecule has 0 aliphatic rings. The van der Waals surface area contributed by atoms with Gasteiger partial charge in [0, 0.05) is 18.5 Å². The highest BCUT2D eigenvalue weighted by molar-refractivity contribution is 5.59.